The minimum absolute atomic E-state index is 0.107. The van der Waals surface area contributed by atoms with Gasteiger partial charge in [0.25, 0.3) is 0 Å². The zero-order valence-electron chi connectivity index (χ0n) is 10.9. The Kier molecular flexibility index (Phi) is 5.89. The lowest BCUT2D eigenvalue weighted by molar-refractivity contribution is -0.137. The lowest BCUT2D eigenvalue weighted by Crippen LogP contribution is -2.29. The standard InChI is InChI=1S/C11H18N2O4S2/c1-3-9-7-12-11(18-9)8(2)13-19(16,17)6-4-5-10(14)15/h7-8,13H,3-6H2,1-2H3,(H,14,15). The molecule has 0 saturated carbocycles. The smallest absolute Gasteiger partial charge is 0.303 e. The van der Waals surface area contributed by atoms with Crippen LogP contribution in [0.4, 0.5) is 0 Å². The molecule has 0 radical (unpaired) electrons. The van der Waals surface area contributed by atoms with Gasteiger partial charge in [0.05, 0.1) is 11.8 Å². The van der Waals surface area contributed by atoms with Crippen LogP contribution in [-0.4, -0.2) is 30.2 Å². The molecule has 108 valence electrons. The van der Waals surface area contributed by atoms with Crippen molar-refractivity contribution in [2.45, 2.75) is 39.2 Å². The number of aryl methyl sites for hydroxylation is 1. The third-order valence-corrected chi connectivity index (χ3v) is 5.31. The van der Waals surface area contributed by atoms with E-state index in [0.717, 1.165) is 16.3 Å². The Balaban J connectivity index is 2.54. The number of aliphatic carboxylic acids is 1. The van der Waals surface area contributed by atoms with Crippen LogP contribution in [0.15, 0.2) is 6.20 Å². The van der Waals surface area contributed by atoms with Gasteiger partial charge in [-0.25, -0.2) is 18.1 Å². The molecule has 2 N–H and O–H groups in total. The molecule has 8 heteroatoms. The molecule has 0 bridgehead atoms. The summed E-state index contributed by atoms with van der Waals surface area (Å²) in [5, 5.41) is 9.20. The van der Waals surface area contributed by atoms with E-state index in [-0.39, 0.29) is 24.6 Å². The summed E-state index contributed by atoms with van der Waals surface area (Å²) in [6, 6.07) is -0.389. The van der Waals surface area contributed by atoms with Crippen molar-refractivity contribution in [3.8, 4) is 0 Å². The van der Waals surface area contributed by atoms with E-state index in [4.69, 9.17) is 5.11 Å². The molecule has 1 rings (SSSR count). The quantitative estimate of drug-likeness (QED) is 0.759. The van der Waals surface area contributed by atoms with Gasteiger partial charge in [-0.05, 0) is 19.8 Å². The summed E-state index contributed by atoms with van der Waals surface area (Å²) in [5.41, 5.74) is 0. The molecule has 0 amide bonds. The van der Waals surface area contributed by atoms with Gasteiger partial charge in [0, 0.05) is 17.5 Å². The van der Waals surface area contributed by atoms with Gasteiger partial charge in [0.15, 0.2) is 0 Å². The third kappa shape index (κ3) is 5.66. The van der Waals surface area contributed by atoms with Crippen LogP contribution in [0.2, 0.25) is 0 Å². The lowest BCUT2D eigenvalue weighted by Gasteiger charge is -2.11. The number of sulfonamides is 1. The number of hydrogen-bond donors (Lipinski definition) is 2. The van der Waals surface area contributed by atoms with Gasteiger partial charge in [0.1, 0.15) is 5.01 Å². The summed E-state index contributed by atoms with van der Waals surface area (Å²) in [5.74, 6) is -1.17. The molecular weight excluding hydrogens is 288 g/mol. The minimum Gasteiger partial charge on any atom is -0.481 e. The van der Waals surface area contributed by atoms with Gasteiger partial charge in [-0.1, -0.05) is 6.92 Å². The van der Waals surface area contributed by atoms with Gasteiger partial charge < -0.3 is 5.11 Å². The monoisotopic (exact) mass is 306 g/mol. The van der Waals surface area contributed by atoms with Crippen LogP contribution < -0.4 is 4.72 Å². The Morgan fingerprint density at radius 1 is 1.58 bits per heavy atom. The maximum absolute atomic E-state index is 11.7. The van der Waals surface area contributed by atoms with E-state index in [0.29, 0.717) is 0 Å². The molecule has 1 aromatic rings. The largest absolute Gasteiger partial charge is 0.481 e. The predicted molar refractivity (Wildman–Crippen MR) is 73.7 cm³/mol. The number of hydrogen-bond acceptors (Lipinski definition) is 5. The number of carboxylic acid groups (broad SMARTS) is 1. The van der Waals surface area contributed by atoms with Gasteiger partial charge in [0.2, 0.25) is 10.0 Å². The van der Waals surface area contributed by atoms with Crippen LogP contribution in [0.5, 0.6) is 0 Å². The van der Waals surface area contributed by atoms with E-state index in [2.05, 4.69) is 9.71 Å². The van der Waals surface area contributed by atoms with Crippen LogP contribution in [0.3, 0.4) is 0 Å². The first-order valence-corrected chi connectivity index (χ1v) is 8.47. The van der Waals surface area contributed by atoms with Crippen molar-refractivity contribution in [2.24, 2.45) is 0 Å². The van der Waals surface area contributed by atoms with Gasteiger partial charge in [-0.15, -0.1) is 11.3 Å². The minimum atomic E-state index is -3.47. The second-order valence-electron chi connectivity index (χ2n) is 4.17. The zero-order valence-corrected chi connectivity index (χ0v) is 12.6. The summed E-state index contributed by atoms with van der Waals surface area (Å²) in [6.07, 6.45) is 2.58. The highest BCUT2D eigenvalue weighted by Crippen LogP contribution is 2.20. The van der Waals surface area contributed by atoms with E-state index >= 15 is 0 Å². The van der Waals surface area contributed by atoms with E-state index in [1.165, 1.54) is 11.3 Å². The first-order chi connectivity index (χ1) is 8.84. The van der Waals surface area contributed by atoms with Crippen molar-refractivity contribution < 1.29 is 18.3 Å². The van der Waals surface area contributed by atoms with Crippen molar-refractivity contribution >= 4 is 27.3 Å². The van der Waals surface area contributed by atoms with Crippen molar-refractivity contribution in [3.63, 3.8) is 0 Å². The SMILES string of the molecule is CCc1cnc(C(C)NS(=O)(=O)CCCC(=O)O)s1. The summed E-state index contributed by atoms with van der Waals surface area (Å²) in [6.45, 7) is 3.74. The van der Waals surface area contributed by atoms with Crippen LogP contribution >= 0.6 is 11.3 Å². The Labute approximate surface area is 116 Å². The molecule has 1 aromatic heterocycles. The number of nitrogens with zero attached hydrogens (tertiary/aromatic N) is 1. The number of carboxylic acids is 1. The molecule has 0 aliphatic carbocycles. The van der Waals surface area contributed by atoms with E-state index < -0.39 is 16.0 Å². The van der Waals surface area contributed by atoms with Gasteiger partial charge >= 0.3 is 5.97 Å². The molecular formula is C11H18N2O4S2. The molecule has 0 fully saturated rings. The van der Waals surface area contributed by atoms with Gasteiger partial charge in [-0.3, -0.25) is 4.79 Å². The molecule has 0 aromatic carbocycles. The average Bonchev–Trinajstić information content (AvgIpc) is 2.75. The highest BCUT2D eigenvalue weighted by Gasteiger charge is 2.18. The number of thiazole rings is 1. The van der Waals surface area contributed by atoms with Crippen molar-refractivity contribution in [1.29, 1.82) is 0 Å². The first-order valence-electron chi connectivity index (χ1n) is 6.00. The average molecular weight is 306 g/mol. The summed E-state index contributed by atoms with van der Waals surface area (Å²) in [7, 11) is -3.47. The fourth-order valence-electron chi connectivity index (χ4n) is 1.48. The van der Waals surface area contributed by atoms with Gasteiger partial charge in [-0.2, -0.15) is 0 Å². The second kappa shape index (κ2) is 6.97. The van der Waals surface area contributed by atoms with E-state index in [1.54, 1.807) is 13.1 Å². The van der Waals surface area contributed by atoms with Crippen LogP contribution in [0.25, 0.3) is 0 Å². The molecule has 1 heterocycles. The zero-order chi connectivity index (χ0) is 14.5. The Morgan fingerprint density at radius 3 is 2.79 bits per heavy atom. The fraction of sp³-hybridized carbons (Fsp3) is 0.636. The Morgan fingerprint density at radius 2 is 2.26 bits per heavy atom. The van der Waals surface area contributed by atoms with E-state index in [1.807, 2.05) is 6.92 Å². The molecule has 6 nitrogen and oxygen atoms in total. The maximum atomic E-state index is 11.7. The molecule has 0 aliphatic heterocycles. The molecule has 0 saturated heterocycles. The molecule has 1 atom stereocenters. The summed E-state index contributed by atoms with van der Waals surface area (Å²) < 4.78 is 26.0. The summed E-state index contributed by atoms with van der Waals surface area (Å²) >= 11 is 1.48. The second-order valence-corrected chi connectivity index (χ2v) is 7.19. The highest BCUT2D eigenvalue weighted by molar-refractivity contribution is 7.89. The van der Waals surface area contributed by atoms with Crippen LogP contribution in [0, 0.1) is 0 Å². The van der Waals surface area contributed by atoms with Crippen molar-refractivity contribution in [1.82, 2.24) is 9.71 Å². The fourth-order valence-corrected chi connectivity index (χ4v) is 3.70. The van der Waals surface area contributed by atoms with Crippen LogP contribution in [-0.2, 0) is 21.2 Å². The topological polar surface area (TPSA) is 96.4 Å². The lowest BCUT2D eigenvalue weighted by atomic mass is 10.3. The number of carbonyl (C=O) groups is 1. The third-order valence-electron chi connectivity index (χ3n) is 2.45. The number of aromatic nitrogens is 1. The Bertz CT molecular complexity index is 525. The van der Waals surface area contributed by atoms with E-state index in [9.17, 15) is 13.2 Å². The normalized spacial score (nSPS) is 13.4. The predicted octanol–water partition coefficient (Wildman–Crippen LogP) is 1.55. The summed E-state index contributed by atoms with van der Waals surface area (Å²) in [4.78, 5) is 15.6. The maximum Gasteiger partial charge on any atom is 0.303 e. The van der Waals surface area contributed by atoms with Crippen molar-refractivity contribution in [3.05, 3.63) is 16.1 Å². The number of rotatable bonds is 8. The number of nitrogens with one attached hydrogen (secondary N) is 1. The molecule has 19 heavy (non-hydrogen) atoms. The highest BCUT2D eigenvalue weighted by atomic mass is 32.2. The first kappa shape index (κ1) is 16.1. The molecule has 1 unspecified atom stereocenters. The Hall–Kier alpha value is -0.990. The molecule has 0 aliphatic rings. The molecule has 0 spiro atoms. The van der Waals surface area contributed by atoms with Crippen LogP contribution in [0.1, 0.15) is 42.6 Å². The van der Waals surface area contributed by atoms with Crippen molar-refractivity contribution in [2.75, 3.05) is 5.75 Å².